The molecule has 2 amide bonds. The first-order valence-electron chi connectivity index (χ1n) is 10.6. The third-order valence-electron chi connectivity index (χ3n) is 6.45. The quantitative estimate of drug-likeness (QED) is 0.750. The van der Waals surface area contributed by atoms with Gasteiger partial charge >= 0.3 is 0 Å². The highest BCUT2D eigenvalue weighted by Gasteiger charge is 2.34. The van der Waals surface area contributed by atoms with Crippen molar-refractivity contribution >= 4 is 11.8 Å². The first-order chi connectivity index (χ1) is 13.2. The Morgan fingerprint density at radius 2 is 1.85 bits per heavy atom. The van der Waals surface area contributed by atoms with Gasteiger partial charge in [-0.2, -0.15) is 5.10 Å². The monoisotopic (exact) mass is 373 g/mol. The number of aromatic nitrogens is 2. The summed E-state index contributed by atoms with van der Waals surface area (Å²) in [5.74, 6) is 0.687. The van der Waals surface area contributed by atoms with Gasteiger partial charge in [0.05, 0.1) is 17.5 Å². The van der Waals surface area contributed by atoms with Crippen LogP contribution in [0.2, 0.25) is 0 Å². The smallest absolute Gasteiger partial charge is 0.254 e. The Hall–Kier alpha value is -1.89. The van der Waals surface area contributed by atoms with E-state index in [0.29, 0.717) is 17.4 Å². The Kier molecular flexibility index (Phi) is 5.76. The third kappa shape index (κ3) is 4.18. The lowest BCUT2D eigenvalue weighted by Gasteiger charge is -2.29. The number of H-pyrrole nitrogens is 1. The van der Waals surface area contributed by atoms with Gasteiger partial charge in [0, 0.05) is 31.0 Å². The van der Waals surface area contributed by atoms with Crippen LogP contribution in [0.15, 0.2) is 6.20 Å². The molecule has 3 fully saturated rings. The Morgan fingerprint density at radius 1 is 1.07 bits per heavy atom. The van der Waals surface area contributed by atoms with Crippen molar-refractivity contribution in [1.29, 1.82) is 0 Å². The largest absolute Gasteiger partial charge is 0.349 e. The fraction of sp³-hybridized carbons (Fsp3) is 0.750. The molecule has 1 aromatic rings. The van der Waals surface area contributed by atoms with Crippen LogP contribution < -0.4 is 10.6 Å². The summed E-state index contributed by atoms with van der Waals surface area (Å²) >= 11 is 0. The lowest BCUT2D eigenvalue weighted by Crippen LogP contribution is -2.40. The fourth-order valence-electron chi connectivity index (χ4n) is 4.87. The second-order valence-electron chi connectivity index (χ2n) is 8.29. The molecule has 7 nitrogen and oxygen atoms in total. The van der Waals surface area contributed by atoms with E-state index in [-0.39, 0.29) is 17.9 Å². The molecular formula is C20H31N5O2. The molecule has 0 radical (unpaired) electrons. The minimum absolute atomic E-state index is 0.0478. The number of hydrogen-bond acceptors (Lipinski definition) is 4. The lowest BCUT2D eigenvalue weighted by atomic mass is 9.92. The van der Waals surface area contributed by atoms with Crippen molar-refractivity contribution in [2.75, 3.05) is 26.2 Å². The molecule has 1 aromatic heterocycles. The molecule has 2 saturated heterocycles. The number of hydrogen-bond donors (Lipinski definition) is 3. The molecule has 3 heterocycles. The molecule has 0 unspecified atom stereocenters. The maximum Gasteiger partial charge on any atom is 0.254 e. The normalized spacial score (nSPS) is 26.9. The van der Waals surface area contributed by atoms with Gasteiger partial charge in [-0.05, 0) is 64.5 Å². The number of piperidine rings is 2. The maximum absolute atomic E-state index is 12.8. The van der Waals surface area contributed by atoms with Gasteiger partial charge in [-0.15, -0.1) is 0 Å². The van der Waals surface area contributed by atoms with Crippen molar-refractivity contribution in [2.24, 2.45) is 5.92 Å². The first kappa shape index (κ1) is 18.5. The Balaban J connectivity index is 1.33. The van der Waals surface area contributed by atoms with Gasteiger partial charge < -0.3 is 15.5 Å². The molecule has 1 saturated carbocycles. The lowest BCUT2D eigenvalue weighted by molar-refractivity contribution is -0.136. The van der Waals surface area contributed by atoms with Crippen molar-refractivity contribution in [3.8, 4) is 0 Å². The summed E-state index contributed by atoms with van der Waals surface area (Å²) in [5, 5.41) is 13.7. The number of nitrogens with one attached hydrogen (secondary N) is 3. The predicted molar refractivity (Wildman–Crippen MR) is 102 cm³/mol. The molecule has 0 bridgehead atoms. The highest BCUT2D eigenvalue weighted by Crippen LogP contribution is 2.30. The van der Waals surface area contributed by atoms with Crippen LogP contribution in [0, 0.1) is 5.92 Å². The van der Waals surface area contributed by atoms with E-state index in [1.54, 1.807) is 6.20 Å². The molecule has 3 N–H and O–H groups in total. The van der Waals surface area contributed by atoms with Crippen molar-refractivity contribution in [3.63, 3.8) is 0 Å². The predicted octanol–water partition coefficient (Wildman–Crippen LogP) is 1.79. The van der Waals surface area contributed by atoms with E-state index in [4.69, 9.17) is 0 Å². The van der Waals surface area contributed by atoms with Crippen LogP contribution in [0.1, 0.15) is 73.3 Å². The summed E-state index contributed by atoms with van der Waals surface area (Å²) in [7, 11) is 0. The number of amides is 2. The number of aromatic amines is 1. The van der Waals surface area contributed by atoms with E-state index >= 15 is 0 Å². The Labute approximate surface area is 160 Å². The number of carbonyl (C=O) groups excluding carboxylic acids is 2. The topological polar surface area (TPSA) is 90.1 Å². The van der Waals surface area contributed by atoms with Crippen LogP contribution in [0.4, 0.5) is 0 Å². The molecule has 0 aromatic carbocycles. The van der Waals surface area contributed by atoms with E-state index in [0.717, 1.165) is 76.8 Å². The van der Waals surface area contributed by atoms with Crippen molar-refractivity contribution in [3.05, 3.63) is 17.5 Å². The number of carbonyl (C=O) groups is 2. The average Bonchev–Trinajstić information content (AvgIpc) is 3.38. The molecule has 2 aliphatic heterocycles. The minimum Gasteiger partial charge on any atom is -0.349 e. The molecule has 2 atom stereocenters. The molecule has 0 spiro atoms. The molecule has 148 valence electrons. The van der Waals surface area contributed by atoms with Gasteiger partial charge in [-0.25, -0.2) is 0 Å². The molecule has 27 heavy (non-hydrogen) atoms. The Morgan fingerprint density at radius 3 is 2.63 bits per heavy atom. The summed E-state index contributed by atoms with van der Waals surface area (Å²) in [6, 6.07) is 0.0898. The zero-order chi connectivity index (χ0) is 18.6. The van der Waals surface area contributed by atoms with Crippen LogP contribution in [0.5, 0.6) is 0 Å². The minimum atomic E-state index is -0.0478. The molecule has 4 rings (SSSR count). The molecular weight excluding hydrogens is 342 g/mol. The van der Waals surface area contributed by atoms with Crippen LogP contribution in [-0.4, -0.2) is 59.1 Å². The van der Waals surface area contributed by atoms with Gasteiger partial charge in [-0.1, -0.05) is 0 Å². The van der Waals surface area contributed by atoms with Crippen molar-refractivity contribution < 1.29 is 9.59 Å². The second-order valence-corrected chi connectivity index (χ2v) is 8.29. The van der Waals surface area contributed by atoms with Crippen molar-refractivity contribution in [1.82, 2.24) is 25.7 Å². The molecule has 1 aliphatic carbocycles. The zero-order valence-electron chi connectivity index (χ0n) is 16.0. The maximum atomic E-state index is 12.8. The first-order valence-corrected chi connectivity index (χ1v) is 10.6. The SMILES string of the molecule is O=C(N[C@@H]1CC[C@H](C(=O)N2CCCCC2)C1)c1cn[nH]c1C1CCNCC1. The van der Waals surface area contributed by atoms with E-state index in [1.807, 2.05) is 4.90 Å². The van der Waals surface area contributed by atoms with E-state index in [9.17, 15) is 9.59 Å². The Bertz CT molecular complexity index is 661. The van der Waals surface area contributed by atoms with Gasteiger partial charge in [0.15, 0.2) is 0 Å². The van der Waals surface area contributed by atoms with Gasteiger partial charge in [0.1, 0.15) is 0 Å². The average molecular weight is 374 g/mol. The van der Waals surface area contributed by atoms with Crippen LogP contribution in [0.3, 0.4) is 0 Å². The number of nitrogens with zero attached hydrogens (tertiary/aromatic N) is 2. The molecule has 3 aliphatic rings. The highest BCUT2D eigenvalue weighted by molar-refractivity contribution is 5.95. The van der Waals surface area contributed by atoms with Crippen LogP contribution >= 0.6 is 0 Å². The van der Waals surface area contributed by atoms with Gasteiger partial charge in [-0.3, -0.25) is 14.7 Å². The summed E-state index contributed by atoms with van der Waals surface area (Å²) < 4.78 is 0. The van der Waals surface area contributed by atoms with Crippen molar-refractivity contribution in [2.45, 2.75) is 63.3 Å². The number of likely N-dealkylation sites (tertiary alicyclic amines) is 1. The second kappa shape index (κ2) is 8.42. The highest BCUT2D eigenvalue weighted by atomic mass is 16.2. The fourth-order valence-corrected chi connectivity index (χ4v) is 4.87. The summed E-state index contributed by atoms with van der Waals surface area (Å²) in [6.45, 7) is 3.77. The summed E-state index contributed by atoms with van der Waals surface area (Å²) in [4.78, 5) is 27.6. The van der Waals surface area contributed by atoms with E-state index in [2.05, 4.69) is 20.8 Å². The van der Waals surface area contributed by atoms with Gasteiger partial charge in [0.25, 0.3) is 5.91 Å². The van der Waals surface area contributed by atoms with Crippen LogP contribution in [0.25, 0.3) is 0 Å². The summed E-state index contributed by atoms with van der Waals surface area (Å²) in [5.41, 5.74) is 1.64. The molecule has 7 heteroatoms. The summed E-state index contributed by atoms with van der Waals surface area (Å²) in [6.07, 6.45) is 9.72. The third-order valence-corrected chi connectivity index (χ3v) is 6.45. The van der Waals surface area contributed by atoms with E-state index in [1.165, 1.54) is 6.42 Å². The standard InChI is InChI=1S/C20H31N5O2/c26-19(17-13-22-24-18(17)14-6-8-21-9-7-14)23-16-5-4-15(12-16)20(27)25-10-2-1-3-11-25/h13-16,21H,1-12H2,(H,22,24)(H,23,26)/t15-,16+/m0/s1. The van der Waals surface area contributed by atoms with Gasteiger partial charge in [0.2, 0.25) is 5.91 Å². The number of rotatable bonds is 4. The van der Waals surface area contributed by atoms with E-state index < -0.39 is 0 Å². The zero-order valence-corrected chi connectivity index (χ0v) is 16.0. The van der Waals surface area contributed by atoms with Crippen LogP contribution in [-0.2, 0) is 4.79 Å².